The third-order valence-corrected chi connectivity index (χ3v) is 3.31. The molecule has 1 aromatic rings. The van der Waals surface area contributed by atoms with Crippen LogP contribution in [0, 0.1) is 0 Å². The predicted octanol–water partition coefficient (Wildman–Crippen LogP) is 2.54. The van der Waals surface area contributed by atoms with Gasteiger partial charge in [0, 0.05) is 19.0 Å². The molecule has 0 heterocycles. The van der Waals surface area contributed by atoms with Crippen LogP contribution in [0.5, 0.6) is 5.75 Å². The molecule has 21 heavy (non-hydrogen) atoms. The molecular weight excluding hydrogens is 338 g/mol. The molecule has 1 N–H and O–H groups in total. The fourth-order valence-electron chi connectivity index (χ4n) is 1.56. The first-order chi connectivity index (χ1) is 10.1. The second-order valence-corrected chi connectivity index (χ2v) is 5.05. The summed E-state index contributed by atoms with van der Waals surface area (Å²) in [5.74, 6) is 0.258. The molecule has 0 saturated heterocycles. The van der Waals surface area contributed by atoms with E-state index in [2.05, 4.69) is 26.0 Å². The zero-order valence-electron chi connectivity index (χ0n) is 12.0. The molecule has 0 spiro atoms. The molecule has 0 aromatic heterocycles. The molecule has 0 bridgehead atoms. The van der Waals surface area contributed by atoms with Gasteiger partial charge in [-0.05, 0) is 46.1 Å². The molecule has 0 aliphatic carbocycles. The number of rotatable bonds is 7. The van der Waals surface area contributed by atoms with Crippen molar-refractivity contribution in [3.8, 4) is 5.75 Å². The van der Waals surface area contributed by atoms with E-state index < -0.39 is 0 Å². The molecule has 0 fully saturated rings. The lowest BCUT2D eigenvalue weighted by molar-refractivity contribution is -0.140. The van der Waals surface area contributed by atoms with E-state index in [1.807, 2.05) is 18.2 Å². The number of amides is 1. The van der Waals surface area contributed by atoms with Crippen molar-refractivity contribution >= 4 is 33.9 Å². The molecule has 0 saturated carbocycles. The zero-order valence-corrected chi connectivity index (χ0v) is 13.6. The molecule has 1 amide bonds. The van der Waals surface area contributed by atoms with Gasteiger partial charge in [0.25, 0.3) is 0 Å². The summed E-state index contributed by atoms with van der Waals surface area (Å²) in [6.07, 6.45) is 4.01. The van der Waals surface area contributed by atoms with Crippen LogP contribution < -0.4 is 10.1 Å². The van der Waals surface area contributed by atoms with Crippen LogP contribution in [0.15, 0.2) is 28.7 Å². The molecule has 0 aliphatic heterocycles. The van der Waals surface area contributed by atoms with Gasteiger partial charge in [0.05, 0.1) is 18.7 Å². The normalized spacial score (nSPS) is 10.4. The third-order valence-electron chi connectivity index (χ3n) is 2.69. The monoisotopic (exact) mass is 355 g/mol. The summed E-state index contributed by atoms with van der Waals surface area (Å²) in [6.45, 7) is 0.435. The van der Waals surface area contributed by atoms with Crippen molar-refractivity contribution in [3.63, 3.8) is 0 Å². The molecule has 1 rings (SSSR count). The fourth-order valence-corrected chi connectivity index (χ4v) is 2.12. The van der Waals surface area contributed by atoms with Crippen LogP contribution in [0.25, 0.3) is 6.08 Å². The van der Waals surface area contributed by atoms with Gasteiger partial charge in [-0.25, -0.2) is 0 Å². The fraction of sp³-hybridized carbons (Fsp3) is 0.333. The van der Waals surface area contributed by atoms with Crippen LogP contribution in [-0.2, 0) is 14.3 Å². The van der Waals surface area contributed by atoms with E-state index in [0.717, 1.165) is 15.8 Å². The van der Waals surface area contributed by atoms with Crippen LogP contribution in [0.1, 0.15) is 18.4 Å². The van der Waals surface area contributed by atoms with E-state index in [9.17, 15) is 9.59 Å². The van der Waals surface area contributed by atoms with Gasteiger partial charge in [0.1, 0.15) is 5.75 Å². The van der Waals surface area contributed by atoms with Crippen LogP contribution in [0.2, 0.25) is 0 Å². The Morgan fingerprint density at radius 2 is 2.10 bits per heavy atom. The molecule has 0 unspecified atom stereocenters. The summed E-state index contributed by atoms with van der Waals surface area (Å²) in [5.41, 5.74) is 0.882. The number of carbonyl (C=O) groups is 2. The lowest BCUT2D eigenvalue weighted by Crippen LogP contribution is -2.22. The van der Waals surface area contributed by atoms with Crippen molar-refractivity contribution in [2.24, 2.45) is 0 Å². The first-order valence-corrected chi connectivity index (χ1v) is 7.22. The van der Waals surface area contributed by atoms with Crippen molar-refractivity contribution < 1.29 is 19.1 Å². The maximum Gasteiger partial charge on any atom is 0.305 e. The minimum Gasteiger partial charge on any atom is -0.496 e. The van der Waals surface area contributed by atoms with Gasteiger partial charge in [-0.1, -0.05) is 6.07 Å². The van der Waals surface area contributed by atoms with E-state index in [-0.39, 0.29) is 11.9 Å². The van der Waals surface area contributed by atoms with Crippen LogP contribution in [-0.4, -0.2) is 32.6 Å². The summed E-state index contributed by atoms with van der Waals surface area (Å²) in [6, 6.07) is 5.53. The minimum atomic E-state index is -0.275. The first kappa shape index (κ1) is 17.2. The van der Waals surface area contributed by atoms with Gasteiger partial charge in [-0.15, -0.1) is 0 Å². The second-order valence-electron chi connectivity index (χ2n) is 4.20. The van der Waals surface area contributed by atoms with Gasteiger partial charge >= 0.3 is 5.97 Å². The quantitative estimate of drug-likeness (QED) is 0.463. The Bertz CT molecular complexity index is 528. The van der Waals surface area contributed by atoms with Gasteiger partial charge in [0.15, 0.2) is 0 Å². The summed E-state index contributed by atoms with van der Waals surface area (Å²) < 4.78 is 10.5. The zero-order chi connectivity index (χ0) is 15.7. The number of esters is 1. The van der Waals surface area contributed by atoms with Gasteiger partial charge in [0.2, 0.25) is 5.91 Å². The Balaban J connectivity index is 2.40. The molecule has 1 aromatic carbocycles. The van der Waals surface area contributed by atoms with Gasteiger partial charge in [-0.2, -0.15) is 0 Å². The van der Waals surface area contributed by atoms with Crippen molar-refractivity contribution in [2.75, 3.05) is 20.8 Å². The highest BCUT2D eigenvalue weighted by Crippen LogP contribution is 2.25. The van der Waals surface area contributed by atoms with E-state index in [4.69, 9.17) is 4.74 Å². The summed E-state index contributed by atoms with van der Waals surface area (Å²) >= 11 is 3.38. The molecule has 0 radical (unpaired) electrons. The van der Waals surface area contributed by atoms with E-state index >= 15 is 0 Å². The van der Waals surface area contributed by atoms with Crippen molar-refractivity contribution in [2.45, 2.75) is 12.8 Å². The van der Waals surface area contributed by atoms with Gasteiger partial charge < -0.3 is 14.8 Å². The Hall–Kier alpha value is -1.82. The number of halogens is 1. The SMILES string of the molecule is COC(=O)CCCNC(=O)/C=C/c1ccc(OC)c(Br)c1. The molecule has 114 valence electrons. The average Bonchev–Trinajstić information content (AvgIpc) is 2.49. The van der Waals surface area contributed by atoms with Crippen LogP contribution >= 0.6 is 15.9 Å². The number of methoxy groups -OCH3 is 2. The highest BCUT2D eigenvalue weighted by atomic mass is 79.9. The van der Waals surface area contributed by atoms with Crippen molar-refractivity contribution in [1.82, 2.24) is 5.32 Å². The summed E-state index contributed by atoms with van der Waals surface area (Å²) in [4.78, 5) is 22.5. The maximum absolute atomic E-state index is 11.6. The Morgan fingerprint density at radius 3 is 2.71 bits per heavy atom. The summed E-state index contributed by atoms with van der Waals surface area (Å²) in [7, 11) is 2.94. The highest BCUT2D eigenvalue weighted by molar-refractivity contribution is 9.10. The van der Waals surface area contributed by atoms with E-state index in [0.29, 0.717) is 19.4 Å². The average molecular weight is 356 g/mol. The number of hydrogen-bond acceptors (Lipinski definition) is 4. The number of hydrogen-bond donors (Lipinski definition) is 1. The topological polar surface area (TPSA) is 64.6 Å². The second kappa shape index (κ2) is 9.18. The van der Waals surface area contributed by atoms with E-state index in [1.54, 1.807) is 13.2 Å². The summed E-state index contributed by atoms with van der Waals surface area (Å²) in [5, 5.41) is 2.70. The molecular formula is C15H18BrNO4. The molecule has 6 heteroatoms. The molecule has 0 atom stereocenters. The number of ether oxygens (including phenoxy) is 2. The Morgan fingerprint density at radius 1 is 1.33 bits per heavy atom. The van der Waals surface area contributed by atoms with E-state index in [1.165, 1.54) is 13.2 Å². The number of carbonyl (C=O) groups excluding carboxylic acids is 2. The lowest BCUT2D eigenvalue weighted by atomic mass is 10.2. The minimum absolute atomic E-state index is 0.202. The van der Waals surface area contributed by atoms with Crippen molar-refractivity contribution in [3.05, 3.63) is 34.3 Å². The number of benzene rings is 1. The van der Waals surface area contributed by atoms with Gasteiger partial charge in [-0.3, -0.25) is 9.59 Å². The third kappa shape index (κ3) is 6.44. The first-order valence-electron chi connectivity index (χ1n) is 6.43. The Kier molecular flexibility index (Phi) is 7.53. The standard InChI is InChI=1S/C15H18BrNO4/c1-20-13-7-5-11(10-12(13)16)6-8-14(18)17-9-3-4-15(19)21-2/h5-8,10H,3-4,9H2,1-2H3,(H,17,18)/b8-6+. The smallest absolute Gasteiger partial charge is 0.305 e. The van der Waals surface area contributed by atoms with Crippen molar-refractivity contribution in [1.29, 1.82) is 0 Å². The molecule has 0 aliphatic rings. The van der Waals surface area contributed by atoms with Crippen LogP contribution in [0.4, 0.5) is 0 Å². The number of nitrogens with one attached hydrogen (secondary N) is 1. The Labute approximate surface area is 132 Å². The molecule has 5 nitrogen and oxygen atoms in total. The highest BCUT2D eigenvalue weighted by Gasteiger charge is 2.01. The lowest BCUT2D eigenvalue weighted by Gasteiger charge is -2.04. The van der Waals surface area contributed by atoms with Crippen LogP contribution in [0.3, 0.4) is 0 Å². The maximum atomic E-state index is 11.6. The predicted molar refractivity (Wildman–Crippen MR) is 84.0 cm³/mol. The largest absolute Gasteiger partial charge is 0.496 e.